The number of benzene rings is 1. The van der Waals surface area contributed by atoms with E-state index in [9.17, 15) is 4.79 Å². The van der Waals surface area contributed by atoms with E-state index in [0.717, 1.165) is 44.5 Å². The Bertz CT molecular complexity index is 504. The van der Waals surface area contributed by atoms with Gasteiger partial charge >= 0.3 is 0 Å². The lowest BCUT2D eigenvalue weighted by Gasteiger charge is -2.35. The smallest absolute Gasteiger partial charge is 0.231 e. The fourth-order valence-corrected chi connectivity index (χ4v) is 3.54. The zero-order valence-electron chi connectivity index (χ0n) is 12.3. The summed E-state index contributed by atoms with van der Waals surface area (Å²) >= 11 is 0. The first-order valence-electron chi connectivity index (χ1n) is 7.87. The van der Waals surface area contributed by atoms with E-state index in [1.807, 2.05) is 0 Å². The van der Waals surface area contributed by atoms with Crippen LogP contribution in [0.15, 0.2) is 18.2 Å². The van der Waals surface area contributed by atoms with Crippen LogP contribution in [0.4, 0.5) is 5.69 Å². The van der Waals surface area contributed by atoms with Crippen molar-refractivity contribution in [1.82, 2.24) is 5.32 Å². The molecule has 3 heteroatoms. The van der Waals surface area contributed by atoms with Crippen molar-refractivity contribution in [3.63, 3.8) is 0 Å². The summed E-state index contributed by atoms with van der Waals surface area (Å²) in [7, 11) is 0. The van der Waals surface area contributed by atoms with Gasteiger partial charge in [-0.25, -0.2) is 0 Å². The molecule has 0 saturated carbocycles. The van der Waals surface area contributed by atoms with Crippen LogP contribution in [0.3, 0.4) is 0 Å². The maximum Gasteiger partial charge on any atom is 0.231 e. The molecule has 2 N–H and O–H groups in total. The third-order valence-corrected chi connectivity index (χ3v) is 4.99. The number of fused-ring (bicyclic) bond motifs is 1. The minimum atomic E-state index is -0.225. The number of amides is 1. The first kappa shape index (κ1) is 13.6. The van der Waals surface area contributed by atoms with Crippen molar-refractivity contribution in [3.05, 3.63) is 29.3 Å². The highest BCUT2D eigenvalue weighted by atomic mass is 16.2. The molecule has 1 heterocycles. The third kappa shape index (κ3) is 2.47. The van der Waals surface area contributed by atoms with Crippen LogP contribution >= 0.6 is 0 Å². The number of carbonyl (C=O) groups is 1. The van der Waals surface area contributed by atoms with Gasteiger partial charge in [0.2, 0.25) is 5.91 Å². The molecule has 1 aliphatic carbocycles. The number of hydrogen-bond acceptors (Lipinski definition) is 2. The molecule has 0 bridgehead atoms. The molecule has 108 valence electrons. The molecule has 1 atom stereocenters. The molecule has 1 aliphatic heterocycles. The van der Waals surface area contributed by atoms with E-state index in [1.165, 1.54) is 24.0 Å². The van der Waals surface area contributed by atoms with Crippen LogP contribution in [0.25, 0.3) is 0 Å². The number of nitrogens with one attached hydrogen (secondary N) is 2. The Morgan fingerprint density at radius 1 is 1.30 bits per heavy atom. The average Bonchev–Trinajstić information content (AvgIpc) is 2.95. The lowest BCUT2D eigenvalue weighted by molar-refractivity contribution is -0.126. The number of rotatable bonds is 3. The Morgan fingerprint density at radius 2 is 2.15 bits per heavy atom. The molecular formula is C17H24N2O. The summed E-state index contributed by atoms with van der Waals surface area (Å²) in [5.74, 6) is 0.185. The molecule has 2 aliphatic rings. The Kier molecular flexibility index (Phi) is 3.79. The first-order valence-corrected chi connectivity index (χ1v) is 7.87. The van der Waals surface area contributed by atoms with E-state index >= 15 is 0 Å². The van der Waals surface area contributed by atoms with Crippen LogP contribution in [0.2, 0.25) is 0 Å². The van der Waals surface area contributed by atoms with Crippen molar-refractivity contribution in [1.29, 1.82) is 0 Å². The van der Waals surface area contributed by atoms with Gasteiger partial charge < -0.3 is 10.6 Å². The van der Waals surface area contributed by atoms with Crippen LogP contribution in [-0.4, -0.2) is 19.0 Å². The molecular weight excluding hydrogens is 248 g/mol. The molecule has 1 amide bonds. The van der Waals surface area contributed by atoms with Gasteiger partial charge in [-0.2, -0.15) is 0 Å². The van der Waals surface area contributed by atoms with Gasteiger partial charge in [-0.1, -0.05) is 13.0 Å². The lowest BCUT2D eigenvalue weighted by atomic mass is 9.77. The van der Waals surface area contributed by atoms with Crippen LogP contribution in [0.5, 0.6) is 0 Å². The highest BCUT2D eigenvalue weighted by molar-refractivity contribution is 5.95. The summed E-state index contributed by atoms with van der Waals surface area (Å²) in [6, 6.07) is 6.40. The summed E-state index contributed by atoms with van der Waals surface area (Å²) in [5, 5.41) is 6.53. The number of anilines is 1. The molecule has 20 heavy (non-hydrogen) atoms. The van der Waals surface area contributed by atoms with Crippen LogP contribution in [0, 0.1) is 5.41 Å². The normalized spacial score (nSPS) is 25.2. The molecule has 1 fully saturated rings. The summed E-state index contributed by atoms with van der Waals surface area (Å²) in [6.45, 7) is 3.96. The molecule has 1 aromatic rings. The van der Waals surface area contributed by atoms with Gasteiger partial charge in [0.25, 0.3) is 0 Å². The second-order valence-electron chi connectivity index (χ2n) is 6.21. The third-order valence-electron chi connectivity index (χ3n) is 4.99. The molecule has 1 aromatic carbocycles. The van der Waals surface area contributed by atoms with Crippen molar-refractivity contribution in [2.45, 2.75) is 45.4 Å². The molecule has 0 aromatic heterocycles. The van der Waals surface area contributed by atoms with Gasteiger partial charge in [0, 0.05) is 12.2 Å². The number of aryl methyl sites for hydroxylation is 2. The van der Waals surface area contributed by atoms with Gasteiger partial charge in [0.05, 0.1) is 5.41 Å². The predicted molar refractivity (Wildman–Crippen MR) is 81.9 cm³/mol. The summed E-state index contributed by atoms with van der Waals surface area (Å²) in [6.07, 6.45) is 6.57. The summed E-state index contributed by atoms with van der Waals surface area (Å²) < 4.78 is 0. The molecule has 3 nitrogen and oxygen atoms in total. The maximum atomic E-state index is 12.7. The fourth-order valence-electron chi connectivity index (χ4n) is 3.54. The number of hydrogen-bond donors (Lipinski definition) is 2. The van der Waals surface area contributed by atoms with E-state index in [1.54, 1.807) is 0 Å². The van der Waals surface area contributed by atoms with E-state index in [4.69, 9.17) is 0 Å². The second kappa shape index (κ2) is 5.57. The van der Waals surface area contributed by atoms with E-state index in [-0.39, 0.29) is 11.3 Å². The fraction of sp³-hybridized carbons (Fsp3) is 0.588. The Balaban J connectivity index is 1.74. The minimum absolute atomic E-state index is 0.185. The molecule has 0 spiro atoms. The number of piperidine rings is 1. The monoisotopic (exact) mass is 272 g/mol. The zero-order chi connectivity index (χ0) is 14.0. The summed E-state index contributed by atoms with van der Waals surface area (Å²) in [4.78, 5) is 12.7. The largest absolute Gasteiger partial charge is 0.326 e. The highest BCUT2D eigenvalue weighted by Crippen LogP contribution is 2.32. The van der Waals surface area contributed by atoms with Crippen LogP contribution in [-0.2, 0) is 17.6 Å². The lowest BCUT2D eigenvalue weighted by Crippen LogP contribution is -2.47. The maximum absolute atomic E-state index is 12.7. The molecule has 3 rings (SSSR count). The zero-order valence-corrected chi connectivity index (χ0v) is 12.3. The summed E-state index contributed by atoms with van der Waals surface area (Å²) in [5.41, 5.74) is 3.61. The first-order chi connectivity index (χ1) is 9.73. The van der Waals surface area contributed by atoms with Crippen molar-refractivity contribution in [3.8, 4) is 0 Å². The quantitative estimate of drug-likeness (QED) is 0.888. The average molecular weight is 272 g/mol. The van der Waals surface area contributed by atoms with Crippen LogP contribution in [0.1, 0.15) is 43.7 Å². The number of carbonyl (C=O) groups excluding carboxylic acids is 1. The molecule has 0 radical (unpaired) electrons. The predicted octanol–water partition coefficient (Wildman–Crippen LogP) is 2.89. The Labute approximate surface area is 121 Å². The molecule has 1 saturated heterocycles. The van der Waals surface area contributed by atoms with Crippen LogP contribution < -0.4 is 10.6 Å². The van der Waals surface area contributed by atoms with Crippen molar-refractivity contribution in [2.75, 3.05) is 18.4 Å². The van der Waals surface area contributed by atoms with Crippen molar-refractivity contribution >= 4 is 11.6 Å². The molecule has 1 unspecified atom stereocenters. The highest BCUT2D eigenvalue weighted by Gasteiger charge is 2.37. The Hall–Kier alpha value is -1.35. The minimum Gasteiger partial charge on any atom is -0.326 e. The van der Waals surface area contributed by atoms with Crippen molar-refractivity contribution in [2.24, 2.45) is 5.41 Å². The van der Waals surface area contributed by atoms with Gasteiger partial charge in [-0.3, -0.25) is 4.79 Å². The van der Waals surface area contributed by atoms with Crippen molar-refractivity contribution < 1.29 is 4.79 Å². The van der Waals surface area contributed by atoms with E-state index in [2.05, 4.69) is 35.8 Å². The van der Waals surface area contributed by atoms with Gasteiger partial charge in [-0.05, 0) is 68.3 Å². The topological polar surface area (TPSA) is 41.1 Å². The van der Waals surface area contributed by atoms with E-state index < -0.39 is 0 Å². The second-order valence-corrected chi connectivity index (χ2v) is 6.21. The Morgan fingerprint density at radius 3 is 2.90 bits per heavy atom. The van der Waals surface area contributed by atoms with Gasteiger partial charge in [0.1, 0.15) is 0 Å². The standard InChI is InChI=1S/C17H24N2O/c1-2-17(9-4-10-18-12-17)16(20)19-15-8-7-13-5-3-6-14(13)11-15/h7-8,11,18H,2-6,9-10,12H2,1H3,(H,19,20). The SMILES string of the molecule is CCC1(C(=O)Nc2ccc3c(c2)CCC3)CCCNC1. The van der Waals surface area contributed by atoms with Gasteiger partial charge in [0.15, 0.2) is 0 Å². The van der Waals surface area contributed by atoms with Gasteiger partial charge in [-0.15, -0.1) is 0 Å². The van der Waals surface area contributed by atoms with E-state index in [0.29, 0.717) is 0 Å².